The maximum Gasteiger partial charge on any atom is 0.310 e. The van der Waals surface area contributed by atoms with Gasteiger partial charge in [-0.25, -0.2) is 0 Å². The minimum atomic E-state index is -0.0153. The normalized spacial score (nSPS) is 23.7. The van der Waals surface area contributed by atoms with Crippen LogP contribution in [0.2, 0.25) is 0 Å². The molecule has 0 amide bonds. The van der Waals surface area contributed by atoms with E-state index in [0.717, 1.165) is 37.4 Å². The lowest BCUT2D eigenvalue weighted by atomic mass is 10.0. The summed E-state index contributed by atoms with van der Waals surface area (Å²) in [6, 6.07) is 0. The first kappa shape index (κ1) is 10.7. The molecular formula is C13H20O2. The summed E-state index contributed by atoms with van der Waals surface area (Å²) in [6.45, 7) is 2.14. The fourth-order valence-electron chi connectivity index (χ4n) is 2.59. The van der Waals surface area contributed by atoms with Gasteiger partial charge in [-0.15, -0.1) is 0 Å². The molecule has 0 radical (unpaired) electrons. The zero-order valence-corrected chi connectivity index (χ0v) is 9.55. The van der Waals surface area contributed by atoms with Gasteiger partial charge in [0.15, 0.2) is 0 Å². The van der Waals surface area contributed by atoms with E-state index in [1.807, 2.05) is 0 Å². The Hall–Kier alpha value is -0.790. The maximum atomic E-state index is 11.5. The molecule has 1 fully saturated rings. The van der Waals surface area contributed by atoms with Gasteiger partial charge in [0, 0.05) is 12.8 Å². The number of fused-ring (bicyclic) bond motifs is 2. The number of rotatable bonds is 5. The van der Waals surface area contributed by atoms with E-state index in [-0.39, 0.29) is 5.97 Å². The quantitative estimate of drug-likeness (QED) is 0.510. The Labute approximate surface area is 91.7 Å². The molecule has 2 bridgehead atoms. The summed E-state index contributed by atoms with van der Waals surface area (Å²) in [6.07, 6.45) is 8.55. The highest BCUT2D eigenvalue weighted by Crippen LogP contribution is 2.44. The van der Waals surface area contributed by atoms with Gasteiger partial charge in [-0.05, 0) is 37.2 Å². The van der Waals surface area contributed by atoms with E-state index < -0.39 is 0 Å². The molecule has 0 aliphatic heterocycles. The Morgan fingerprint density at radius 3 is 2.87 bits per heavy atom. The number of unbranched alkanes of at least 4 members (excludes halogenated alkanes) is 2. The van der Waals surface area contributed by atoms with Crippen LogP contribution in [0.25, 0.3) is 0 Å². The molecule has 2 aliphatic rings. The van der Waals surface area contributed by atoms with Crippen molar-refractivity contribution >= 4 is 5.97 Å². The minimum Gasteiger partial charge on any atom is -0.431 e. The minimum absolute atomic E-state index is 0.0153. The van der Waals surface area contributed by atoms with Gasteiger partial charge in [-0.3, -0.25) is 4.79 Å². The van der Waals surface area contributed by atoms with E-state index in [0.29, 0.717) is 6.42 Å². The predicted octanol–water partition coefficient (Wildman–Crippen LogP) is 3.57. The Balaban J connectivity index is 1.75. The molecule has 0 N–H and O–H groups in total. The van der Waals surface area contributed by atoms with E-state index in [4.69, 9.17) is 4.74 Å². The number of hydrogen-bond acceptors (Lipinski definition) is 2. The van der Waals surface area contributed by atoms with E-state index in [2.05, 4.69) is 6.92 Å². The number of carbonyl (C=O) groups excluding carboxylic acids is 1. The lowest BCUT2D eigenvalue weighted by Crippen LogP contribution is -2.06. The molecule has 84 valence electrons. The average Bonchev–Trinajstić information content (AvgIpc) is 2.79. The standard InChI is InChI=1S/C13H20O2/c1-2-3-4-5-13(14)15-12-9-10-6-7-11(12)8-10/h10H,2-9H2,1H3. The molecule has 2 rings (SSSR count). The van der Waals surface area contributed by atoms with Gasteiger partial charge in [0.05, 0.1) is 0 Å². The van der Waals surface area contributed by atoms with Gasteiger partial charge in [0.25, 0.3) is 0 Å². The third-order valence-corrected chi connectivity index (χ3v) is 3.48. The number of carbonyl (C=O) groups is 1. The Kier molecular flexibility index (Phi) is 3.45. The molecule has 15 heavy (non-hydrogen) atoms. The van der Waals surface area contributed by atoms with Gasteiger partial charge < -0.3 is 4.74 Å². The van der Waals surface area contributed by atoms with E-state index in [1.54, 1.807) is 0 Å². The van der Waals surface area contributed by atoms with E-state index in [1.165, 1.54) is 24.8 Å². The topological polar surface area (TPSA) is 26.3 Å². The van der Waals surface area contributed by atoms with Gasteiger partial charge in [-0.1, -0.05) is 19.8 Å². The molecule has 0 aromatic carbocycles. The van der Waals surface area contributed by atoms with Crippen molar-refractivity contribution in [2.24, 2.45) is 5.92 Å². The van der Waals surface area contributed by atoms with Crippen LogP contribution in [0.4, 0.5) is 0 Å². The average molecular weight is 208 g/mol. The van der Waals surface area contributed by atoms with E-state index >= 15 is 0 Å². The monoisotopic (exact) mass is 208 g/mol. The fraction of sp³-hybridized carbons (Fsp3) is 0.769. The van der Waals surface area contributed by atoms with Crippen molar-refractivity contribution in [2.45, 2.75) is 58.3 Å². The van der Waals surface area contributed by atoms with Crippen LogP contribution in [0.3, 0.4) is 0 Å². The lowest BCUT2D eigenvalue weighted by Gasteiger charge is -2.12. The summed E-state index contributed by atoms with van der Waals surface area (Å²) in [7, 11) is 0. The first-order valence-electron chi connectivity index (χ1n) is 6.21. The zero-order chi connectivity index (χ0) is 10.7. The Morgan fingerprint density at radius 2 is 2.27 bits per heavy atom. The number of hydrogen-bond donors (Lipinski definition) is 0. The second-order valence-electron chi connectivity index (χ2n) is 4.77. The number of allylic oxidation sites excluding steroid dienone is 2. The van der Waals surface area contributed by atoms with Crippen LogP contribution in [0.5, 0.6) is 0 Å². The number of ether oxygens (including phenoxy) is 1. The highest BCUT2D eigenvalue weighted by molar-refractivity contribution is 5.70. The van der Waals surface area contributed by atoms with E-state index in [9.17, 15) is 4.79 Å². The highest BCUT2D eigenvalue weighted by atomic mass is 16.5. The Bertz CT molecular complexity index is 278. The fourth-order valence-corrected chi connectivity index (χ4v) is 2.59. The summed E-state index contributed by atoms with van der Waals surface area (Å²) >= 11 is 0. The molecule has 0 spiro atoms. The molecule has 0 heterocycles. The molecular weight excluding hydrogens is 188 g/mol. The van der Waals surface area contributed by atoms with Gasteiger partial charge in [0.1, 0.15) is 5.76 Å². The highest BCUT2D eigenvalue weighted by Gasteiger charge is 2.32. The summed E-state index contributed by atoms with van der Waals surface area (Å²) in [5, 5.41) is 0. The number of esters is 1. The molecule has 1 saturated carbocycles. The molecule has 2 nitrogen and oxygen atoms in total. The third-order valence-electron chi connectivity index (χ3n) is 3.48. The Morgan fingerprint density at radius 1 is 1.40 bits per heavy atom. The van der Waals surface area contributed by atoms with Crippen LogP contribution < -0.4 is 0 Å². The molecule has 2 aliphatic carbocycles. The largest absolute Gasteiger partial charge is 0.431 e. The molecule has 1 atom stereocenters. The van der Waals surface area contributed by atoms with Crippen LogP contribution in [0, 0.1) is 5.92 Å². The van der Waals surface area contributed by atoms with Crippen LogP contribution in [0.1, 0.15) is 58.3 Å². The van der Waals surface area contributed by atoms with Crippen molar-refractivity contribution in [1.82, 2.24) is 0 Å². The molecule has 0 saturated heterocycles. The first-order chi connectivity index (χ1) is 7.29. The van der Waals surface area contributed by atoms with Crippen molar-refractivity contribution in [2.75, 3.05) is 0 Å². The summed E-state index contributed by atoms with van der Waals surface area (Å²) in [5.41, 5.74) is 1.42. The molecule has 0 aromatic heterocycles. The second-order valence-corrected chi connectivity index (χ2v) is 4.77. The summed E-state index contributed by atoms with van der Waals surface area (Å²) in [4.78, 5) is 11.5. The van der Waals surface area contributed by atoms with Crippen molar-refractivity contribution < 1.29 is 9.53 Å². The first-order valence-corrected chi connectivity index (χ1v) is 6.21. The van der Waals surface area contributed by atoms with Crippen molar-refractivity contribution in [3.63, 3.8) is 0 Å². The van der Waals surface area contributed by atoms with Crippen LogP contribution in [0.15, 0.2) is 11.3 Å². The summed E-state index contributed by atoms with van der Waals surface area (Å²) < 4.78 is 5.43. The maximum absolute atomic E-state index is 11.5. The second kappa shape index (κ2) is 4.82. The van der Waals surface area contributed by atoms with Gasteiger partial charge in [-0.2, -0.15) is 0 Å². The van der Waals surface area contributed by atoms with Gasteiger partial charge in [0.2, 0.25) is 0 Å². The predicted molar refractivity (Wildman–Crippen MR) is 59.2 cm³/mol. The van der Waals surface area contributed by atoms with Crippen molar-refractivity contribution in [3.8, 4) is 0 Å². The third kappa shape index (κ3) is 2.61. The molecule has 0 aromatic rings. The zero-order valence-electron chi connectivity index (χ0n) is 9.55. The van der Waals surface area contributed by atoms with Gasteiger partial charge >= 0.3 is 5.97 Å². The lowest BCUT2D eigenvalue weighted by molar-refractivity contribution is -0.140. The SMILES string of the molecule is CCCCCC(=O)OC1=C2CCC(C2)C1. The van der Waals surface area contributed by atoms with Crippen molar-refractivity contribution in [3.05, 3.63) is 11.3 Å². The van der Waals surface area contributed by atoms with Crippen LogP contribution in [-0.2, 0) is 9.53 Å². The summed E-state index contributed by atoms with van der Waals surface area (Å²) in [5.74, 6) is 1.80. The van der Waals surface area contributed by atoms with Crippen LogP contribution in [-0.4, -0.2) is 5.97 Å². The smallest absolute Gasteiger partial charge is 0.310 e. The van der Waals surface area contributed by atoms with Crippen LogP contribution >= 0.6 is 0 Å². The molecule has 1 unspecified atom stereocenters. The molecule has 2 heteroatoms. The van der Waals surface area contributed by atoms with Crippen molar-refractivity contribution in [1.29, 1.82) is 0 Å².